The highest BCUT2D eigenvalue weighted by Crippen LogP contribution is 2.17. The predicted molar refractivity (Wildman–Crippen MR) is 281 cm³/mol. The summed E-state index contributed by atoms with van der Waals surface area (Å²) in [4.78, 5) is 12.5. The second kappa shape index (κ2) is 54.9. The van der Waals surface area contributed by atoms with Gasteiger partial charge in [0.05, 0.1) is 18.8 Å². The molecule has 4 heteroatoms. The van der Waals surface area contributed by atoms with Crippen LogP contribution in [-0.2, 0) is 4.79 Å². The highest BCUT2D eigenvalue weighted by molar-refractivity contribution is 5.76. The standard InChI is InChI=1S/C59H113NO3/c1-3-5-7-9-11-13-15-17-19-21-23-24-25-26-27-28-29-30-31-32-33-34-35-36-37-39-41-43-45-47-49-51-53-55-59(63)60-57(56-61)58(62)54-52-50-48-46-44-42-40-38-22-20-18-16-14-12-10-8-6-4-2/h21,23,44,46,52,54,57-58,61-62H,3-20,22,24-43,45,47-51,53,55-56H2,1-2H3,(H,60,63)/b23-21-,46-44+,54-52+. The molecule has 2 atom stereocenters. The Labute approximate surface area is 395 Å². The lowest BCUT2D eigenvalue weighted by Gasteiger charge is -2.19. The van der Waals surface area contributed by atoms with Crippen molar-refractivity contribution in [2.45, 2.75) is 328 Å². The predicted octanol–water partition coefficient (Wildman–Crippen LogP) is 18.9. The molecule has 0 heterocycles. The van der Waals surface area contributed by atoms with Crippen molar-refractivity contribution in [2.75, 3.05) is 6.61 Å². The minimum absolute atomic E-state index is 0.0682. The summed E-state index contributed by atoms with van der Waals surface area (Å²) in [6.45, 7) is 4.32. The van der Waals surface area contributed by atoms with Crippen molar-refractivity contribution in [1.29, 1.82) is 0 Å². The van der Waals surface area contributed by atoms with Gasteiger partial charge in [0, 0.05) is 6.42 Å². The Bertz CT molecular complexity index is 958. The first kappa shape index (κ1) is 61.6. The Hall–Kier alpha value is -1.39. The molecule has 1 amide bonds. The molecule has 0 rings (SSSR count). The molecule has 3 N–H and O–H groups in total. The van der Waals surface area contributed by atoms with E-state index in [0.29, 0.717) is 6.42 Å². The smallest absolute Gasteiger partial charge is 0.220 e. The average Bonchev–Trinajstić information content (AvgIpc) is 3.29. The summed E-state index contributed by atoms with van der Waals surface area (Å²) in [5.74, 6) is -0.0682. The number of nitrogens with one attached hydrogen (secondary N) is 1. The molecule has 0 fully saturated rings. The number of carbonyl (C=O) groups is 1. The van der Waals surface area contributed by atoms with Crippen LogP contribution in [0.2, 0.25) is 0 Å². The molecular formula is C59H113NO3. The number of allylic oxidation sites excluding steroid dienone is 5. The van der Waals surface area contributed by atoms with Crippen molar-refractivity contribution in [3.8, 4) is 0 Å². The third kappa shape index (κ3) is 51.5. The lowest BCUT2D eigenvalue weighted by Crippen LogP contribution is -2.45. The molecule has 0 aromatic rings. The number of rotatable bonds is 53. The number of unbranched alkanes of at least 4 members (excludes halogenated alkanes) is 42. The summed E-state index contributed by atoms with van der Waals surface area (Å²) in [7, 11) is 0. The maximum Gasteiger partial charge on any atom is 0.220 e. The molecule has 0 aromatic carbocycles. The minimum atomic E-state index is -0.860. The molecule has 0 aromatic heterocycles. The van der Waals surface area contributed by atoms with E-state index in [4.69, 9.17) is 0 Å². The number of carbonyl (C=O) groups excluding carboxylic acids is 1. The molecule has 0 saturated carbocycles. The van der Waals surface area contributed by atoms with Crippen molar-refractivity contribution in [1.82, 2.24) is 5.32 Å². The molecule has 0 aliphatic rings. The number of hydrogen-bond acceptors (Lipinski definition) is 3. The van der Waals surface area contributed by atoms with Crippen molar-refractivity contribution in [2.24, 2.45) is 0 Å². The molecule has 2 unspecified atom stereocenters. The Kier molecular flexibility index (Phi) is 53.7. The monoisotopic (exact) mass is 884 g/mol. The fraction of sp³-hybridized carbons (Fsp3) is 0.881. The molecule has 0 spiro atoms. The van der Waals surface area contributed by atoms with E-state index in [1.54, 1.807) is 6.08 Å². The Balaban J connectivity index is 3.45. The summed E-state index contributed by atoms with van der Waals surface area (Å²) in [6, 6.07) is -0.637. The molecule has 4 nitrogen and oxygen atoms in total. The molecule has 0 radical (unpaired) electrons. The fourth-order valence-electron chi connectivity index (χ4n) is 8.96. The van der Waals surface area contributed by atoms with Crippen LogP contribution >= 0.6 is 0 Å². The van der Waals surface area contributed by atoms with Gasteiger partial charge in [-0.05, 0) is 57.8 Å². The highest BCUT2D eigenvalue weighted by Gasteiger charge is 2.18. The molecular weight excluding hydrogens is 771 g/mol. The first-order valence-electron chi connectivity index (χ1n) is 28.7. The Morgan fingerprint density at radius 3 is 0.921 bits per heavy atom. The van der Waals surface area contributed by atoms with Crippen LogP contribution in [0.5, 0.6) is 0 Å². The van der Waals surface area contributed by atoms with Gasteiger partial charge in [-0.15, -0.1) is 0 Å². The average molecular weight is 885 g/mol. The zero-order chi connectivity index (χ0) is 45.6. The van der Waals surface area contributed by atoms with Crippen LogP contribution in [0.4, 0.5) is 0 Å². The van der Waals surface area contributed by atoms with Gasteiger partial charge in [0.15, 0.2) is 0 Å². The van der Waals surface area contributed by atoms with Crippen molar-refractivity contribution < 1.29 is 15.0 Å². The van der Waals surface area contributed by atoms with Gasteiger partial charge in [-0.3, -0.25) is 4.79 Å². The van der Waals surface area contributed by atoms with Gasteiger partial charge in [0.1, 0.15) is 0 Å². The zero-order valence-electron chi connectivity index (χ0n) is 42.9. The van der Waals surface area contributed by atoms with Crippen molar-refractivity contribution in [3.63, 3.8) is 0 Å². The van der Waals surface area contributed by atoms with Gasteiger partial charge in [0.2, 0.25) is 5.91 Å². The van der Waals surface area contributed by atoms with Crippen LogP contribution in [0.15, 0.2) is 36.5 Å². The second-order valence-corrected chi connectivity index (χ2v) is 19.7. The third-order valence-corrected chi connectivity index (χ3v) is 13.3. The van der Waals surface area contributed by atoms with E-state index in [1.807, 2.05) is 6.08 Å². The number of amides is 1. The molecule has 63 heavy (non-hydrogen) atoms. The van der Waals surface area contributed by atoms with Crippen LogP contribution in [-0.4, -0.2) is 34.9 Å². The van der Waals surface area contributed by atoms with E-state index >= 15 is 0 Å². The lowest BCUT2D eigenvalue weighted by atomic mass is 10.0. The van der Waals surface area contributed by atoms with Crippen LogP contribution in [0.3, 0.4) is 0 Å². The largest absolute Gasteiger partial charge is 0.394 e. The summed E-state index contributed by atoms with van der Waals surface area (Å²) >= 11 is 0. The van der Waals surface area contributed by atoms with Crippen LogP contribution in [0.1, 0.15) is 316 Å². The van der Waals surface area contributed by atoms with Crippen LogP contribution in [0.25, 0.3) is 0 Å². The summed E-state index contributed by atoms with van der Waals surface area (Å²) < 4.78 is 0. The lowest BCUT2D eigenvalue weighted by molar-refractivity contribution is -0.123. The fourth-order valence-corrected chi connectivity index (χ4v) is 8.96. The number of aliphatic hydroxyl groups is 2. The van der Waals surface area contributed by atoms with Gasteiger partial charge >= 0.3 is 0 Å². The van der Waals surface area contributed by atoms with Gasteiger partial charge in [-0.1, -0.05) is 288 Å². The van der Waals surface area contributed by atoms with Gasteiger partial charge in [0.25, 0.3) is 0 Å². The van der Waals surface area contributed by atoms with E-state index in [-0.39, 0.29) is 12.5 Å². The molecule has 0 bridgehead atoms. The highest BCUT2D eigenvalue weighted by atomic mass is 16.3. The van der Waals surface area contributed by atoms with Gasteiger partial charge in [-0.2, -0.15) is 0 Å². The maximum atomic E-state index is 12.5. The van der Waals surface area contributed by atoms with Crippen molar-refractivity contribution in [3.05, 3.63) is 36.5 Å². The molecule has 372 valence electrons. The van der Waals surface area contributed by atoms with E-state index < -0.39 is 12.1 Å². The number of hydrogen-bond donors (Lipinski definition) is 3. The summed E-state index contributed by atoms with van der Waals surface area (Å²) in [6.07, 6.45) is 74.6. The van der Waals surface area contributed by atoms with Gasteiger partial charge < -0.3 is 15.5 Å². The van der Waals surface area contributed by atoms with Crippen LogP contribution in [0, 0.1) is 0 Å². The zero-order valence-corrected chi connectivity index (χ0v) is 42.9. The van der Waals surface area contributed by atoms with E-state index in [0.717, 1.165) is 32.1 Å². The SMILES string of the molecule is CCCCCCCCCC/C=C\CCCCCCCCCCCCCCCCCCCCCCCC(=O)NC(CO)C(O)/C=C/CC/C=C/CCCCCCCCCCCCCC. The first-order chi connectivity index (χ1) is 31.2. The summed E-state index contributed by atoms with van der Waals surface area (Å²) in [5.41, 5.74) is 0. The normalized spacial score (nSPS) is 13.0. The minimum Gasteiger partial charge on any atom is -0.394 e. The Morgan fingerprint density at radius 1 is 0.365 bits per heavy atom. The van der Waals surface area contributed by atoms with E-state index in [2.05, 4.69) is 43.5 Å². The summed E-state index contributed by atoms with van der Waals surface area (Å²) in [5, 5.41) is 23.1. The number of aliphatic hydroxyl groups excluding tert-OH is 2. The van der Waals surface area contributed by atoms with E-state index in [9.17, 15) is 15.0 Å². The van der Waals surface area contributed by atoms with Crippen LogP contribution < -0.4 is 5.32 Å². The molecule has 0 aliphatic heterocycles. The molecule has 0 aliphatic carbocycles. The van der Waals surface area contributed by atoms with E-state index in [1.165, 1.54) is 263 Å². The first-order valence-corrected chi connectivity index (χ1v) is 28.7. The Morgan fingerprint density at radius 2 is 0.619 bits per heavy atom. The third-order valence-electron chi connectivity index (χ3n) is 13.3. The topological polar surface area (TPSA) is 69.6 Å². The van der Waals surface area contributed by atoms with Gasteiger partial charge in [-0.25, -0.2) is 0 Å². The molecule has 0 saturated heterocycles. The van der Waals surface area contributed by atoms with Crippen molar-refractivity contribution >= 4 is 5.91 Å². The quantitative estimate of drug-likeness (QED) is 0.0421. The maximum absolute atomic E-state index is 12.5. The second-order valence-electron chi connectivity index (χ2n) is 19.7.